The molecular weight excluding hydrogens is 334 g/mol. The molecule has 0 unspecified atom stereocenters. The average Bonchev–Trinajstić information content (AvgIpc) is 3.34. The fraction of sp³-hybridized carbons (Fsp3) is 0.350. The fourth-order valence-corrected chi connectivity index (χ4v) is 3.40. The number of ether oxygens (including phenoxy) is 2. The van der Waals surface area contributed by atoms with Crippen molar-refractivity contribution in [1.82, 2.24) is 4.90 Å². The summed E-state index contributed by atoms with van der Waals surface area (Å²) in [5, 5.41) is 2.04. The van der Waals surface area contributed by atoms with Gasteiger partial charge in [0.25, 0.3) is 5.91 Å². The van der Waals surface area contributed by atoms with Crippen LogP contribution in [0.2, 0.25) is 0 Å². The standard InChI is InChI=1S/C20H23NO3S/c1-3-5-15-7-10-18(19(12-15)23-2)24-14-20(22)21(16-8-9-16)13-17-6-4-11-25-17/h3-7,10-12,16H,8-9,13-14H2,1-2H3/b5-3+. The molecule has 5 heteroatoms. The molecule has 0 radical (unpaired) electrons. The smallest absolute Gasteiger partial charge is 0.261 e. The van der Waals surface area contributed by atoms with Crippen LogP contribution in [0.3, 0.4) is 0 Å². The fourth-order valence-electron chi connectivity index (χ4n) is 2.70. The first-order valence-corrected chi connectivity index (χ1v) is 9.34. The number of methoxy groups -OCH3 is 1. The summed E-state index contributed by atoms with van der Waals surface area (Å²) in [6, 6.07) is 10.1. The normalized spacial score (nSPS) is 13.8. The summed E-state index contributed by atoms with van der Waals surface area (Å²) >= 11 is 1.68. The van der Waals surface area contributed by atoms with Gasteiger partial charge in [-0.25, -0.2) is 0 Å². The molecule has 132 valence electrons. The summed E-state index contributed by atoms with van der Waals surface area (Å²) in [5.74, 6) is 1.26. The zero-order valence-corrected chi connectivity index (χ0v) is 15.4. The number of hydrogen-bond acceptors (Lipinski definition) is 4. The minimum absolute atomic E-state index is 0.0236. The Morgan fingerprint density at radius 2 is 2.16 bits per heavy atom. The lowest BCUT2D eigenvalue weighted by Crippen LogP contribution is -2.36. The Morgan fingerprint density at radius 1 is 1.32 bits per heavy atom. The molecule has 0 atom stereocenters. The van der Waals surface area contributed by atoms with Crippen LogP contribution < -0.4 is 9.47 Å². The van der Waals surface area contributed by atoms with E-state index in [1.165, 1.54) is 4.88 Å². The van der Waals surface area contributed by atoms with Gasteiger partial charge in [-0.3, -0.25) is 4.79 Å². The molecule has 1 aromatic heterocycles. The molecule has 2 aromatic rings. The third-order valence-electron chi connectivity index (χ3n) is 4.11. The van der Waals surface area contributed by atoms with Crippen molar-refractivity contribution < 1.29 is 14.3 Å². The van der Waals surface area contributed by atoms with Gasteiger partial charge >= 0.3 is 0 Å². The lowest BCUT2D eigenvalue weighted by Gasteiger charge is -2.22. The average molecular weight is 357 g/mol. The van der Waals surface area contributed by atoms with Gasteiger partial charge in [-0.1, -0.05) is 24.3 Å². The Hall–Kier alpha value is -2.27. The van der Waals surface area contributed by atoms with Crippen LogP contribution in [-0.2, 0) is 11.3 Å². The van der Waals surface area contributed by atoms with Gasteiger partial charge in [0, 0.05) is 10.9 Å². The quantitative estimate of drug-likeness (QED) is 0.705. The maximum atomic E-state index is 12.6. The maximum Gasteiger partial charge on any atom is 0.261 e. The Balaban J connectivity index is 1.64. The second-order valence-corrected chi connectivity index (χ2v) is 7.06. The van der Waals surface area contributed by atoms with E-state index >= 15 is 0 Å². The van der Waals surface area contributed by atoms with E-state index in [0.717, 1.165) is 18.4 Å². The highest BCUT2D eigenvalue weighted by Crippen LogP contribution is 2.31. The second kappa shape index (κ2) is 8.21. The van der Waals surface area contributed by atoms with Gasteiger partial charge in [0.15, 0.2) is 18.1 Å². The molecule has 1 aliphatic rings. The first-order chi connectivity index (χ1) is 12.2. The summed E-state index contributed by atoms with van der Waals surface area (Å²) < 4.78 is 11.2. The minimum Gasteiger partial charge on any atom is -0.493 e. The Morgan fingerprint density at radius 3 is 2.80 bits per heavy atom. The van der Waals surface area contributed by atoms with E-state index in [4.69, 9.17) is 9.47 Å². The predicted molar refractivity (Wildman–Crippen MR) is 101 cm³/mol. The van der Waals surface area contributed by atoms with Crippen LogP contribution >= 0.6 is 11.3 Å². The van der Waals surface area contributed by atoms with Gasteiger partial charge in [0.2, 0.25) is 0 Å². The molecule has 0 N–H and O–H groups in total. The highest BCUT2D eigenvalue weighted by atomic mass is 32.1. The number of benzene rings is 1. The molecule has 0 bridgehead atoms. The van der Waals surface area contributed by atoms with E-state index in [2.05, 4.69) is 6.07 Å². The van der Waals surface area contributed by atoms with Crippen molar-refractivity contribution in [3.8, 4) is 11.5 Å². The van der Waals surface area contributed by atoms with Crippen molar-refractivity contribution in [1.29, 1.82) is 0 Å². The lowest BCUT2D eigenvalue weighted by atomic mass is 10.2. The highest BCUT2D eigenvalue weighted by molar-refractivity contribution is 7.09. The first-order valence-electron chi connectivity index (χ1n) is 8.46. The number of rotatable bonds is 8. The van der Waals surface area contributed by atoms with Crippen LogP contribution in [0, 0.1) is 0 Å². The van der Waals surface area contributed by atoms with Crippen molar-refractivity contribution in [3.63, 3.8) is 0 Å². The van der Waals surface area contributed by atoms with Crippen LogP contribution in [0.4, 0.5) is 0 Å². The molecule has 0 aliphatic heterocycles. The molecule has 1 fully saturated rings. The van der Waals surface area contributed by atoms with Crippen LogP contribution in [0.25, 0.3) is 6.08 Å². The van der Waals surface area contributed by atoms with Crippen LogP contribution in [0.1, 0.15) is 30.2 Å². The van der Waals surface area contributed by atoms with Gasteiger partial charge in [0.05, 0.1) is 13.7 Å². The minimum atomic E-state index is 0.0236. The molecule has 1 aliphatic carbocycles. The molecular formula is C20H23NO3S. The molecule has 1 heterocycles. The zero-order valence-electron chi connectivity index (χ0n) is 14.6. The van der Waals surface area contributed by atoms with E-state index in [1.807, 2.05) is 53.6 Å². The highest BCUT2D eigenvalue weighted by Gasteiger charge is 2.32. The third kappa shape index (κ3) is 4.63. The van der Waals surface area contributed by atoms with E-state index in [1.54, 1.807) is 18.4 Å². The van der Waals surface area contributed by atoms with E-state index in [9.17, 15) is 4.79 Å². The topological polar surface area (TPSA) is 38.8 Å². The predicted octanol–water partition coefficient (Wildman–Crippen LogP) is 4.36. The zero-order chi connectivity index (χ0) is 17.6. The monoisotopic (exact) mass is 357 g/mol. The summed E-state index contributed by atoms with van der Waals surface area (Å²) in [5.41, 5.74) is 1.04. The Labute approximate surface area is 152 Å². The summed E-state index contributed by atoms with van der Waals surface area (Å²) in [6.45, 7) is 2.67. The van der Waals surface area contributed by atoms with Crippen LogP contribution in [0.5, 0.6) is 11.5 Å². The van der Waals surface area contributed by atoms with Gasteiger partial charge in [0.1, 0.15) is 0 Å². The molecule has 4 nitrogen and oxygen atoms in total. The van der Waals surface area contributed by atoms with Crippen LogP contribution in [0.15, 0.2) is 41.8 Å². The molecule has 0 spiro atoms. The SMILES string of the molecule is C/C=C/c1ccc(OCC(=O)N(Cc2cccs2)C2CC2)c(OC)c1. The van der Waals surface area contributed by atoms with Crippen molar-refractivity contribution in [2.24, 2.45) is 0 Å². The van der Waals surface area contributed by atoms with Crippen LogP contribution in [-0.4, -0.2) is 30.6 Å². The first kappa shape index (κ1) is 17.5. The summed E-state index contributed by atoms with van der Waals surface area (Å²) in [7, 11) is 1.61. The number of carbonyl (C=O) groups is 1. The largest absolute Gasteiger partial charge is 0.493 e. The molecule has 1 amide bonds. The summed E-state index contributed by atoms with van der Waals surface area (Å²) in [6.07, 6.45) is 6.13. The van der Waals surface area contributed by atoms with Crippen molar-refractivity contribution in [2.45, 2.75) is 32.4 Å². The molecule has 1 aromatic carbocycles. The van der Waals surface area contributed by atoms with E-state index in [-0.39, 0.29) is 12.5 Å². The van der Waals surface area contributed by atoms with E-state index in [0.29, 0.717) is 24.1 Å². The second-order valence-electron chi connectivity index (χ2n) is 6.03. The van der Waals surface area contributed by atoms with E-state index < -0.39 is 0 Å². The Bertz CT molecular complexity index is 735. The maximum absolute atomic E-state index is 12.6. The summed E-state index contributed by atoms with van der Waals surface area (Å²) in [4.78, 5) is 15.8. The number of carbonyl (C=O) groups excluding carboxylic acids is 1. The molecule has 1 saturated carbocycles. The number of hydrogen-bond donors (Lipinski definition) is 0. The van der Waals surface area contributed by atoms with Gasteiger partial charge < -0.3 is 14.4 Å². The number of amides is 1. The van der Waals surface area contributed by atoms with Gasteiger partial charge in [-0.15, -0.1) is 11.3 Å². The number of allylic oxidation sites excluding steroid dienone is 1. The van der Waals surface area contributed by atoms with Gasteiger partial charge in [-0.2, -0.15) is 0 Å². The third-order valence-corrected chi connectivity index (χ3v) is 4.97. The Kier molecular flexibility index (Phi) is 5.76. The van der Waals surface area contributed by atoms with Crippen molar-refractivity contribution in [2.75, 3.05) is 13.7 Å². The molecule has 3 rings (SSSR count). The molecule has 25 heavy (non-hydrogen) atoms. The number of thiophene rings is 1. The van der Waals surface area contributed by atoms with Gasteiger partial charge in [-0.05, 0) is 48.9 Å². The number of nitrogens with zero attached hydrogens (tertiary/aromatic N) is 1. The lowest BCUT2D eigenvalue weighted by molar-refractivity contribution is -0.134. The van der Waals surface area contributed by atoms with Crippen molar-refractivity contribution >= 4 is 23.3 Å². The molecule has 0 saturated heterocycles. The van der Waals surface area contributed by atoms with Crippen molar-refractivity contribution in [3.05, 3.63) is 52.2 Å².